The predicted octanol–water partition coefficient (Wildman–Crippen LogP) is 4.16. The van der Waals surface area contributed by atoms with Crippen molar-refractivity contribution < 1.29 is 9.13 Å². The summed E-state index contributed by atoms with van der Waals surface area (Å²) in [7, 11) is 0. The highest BCUT2D eigenvalue weighted by Gasteiger charge is 2.40. The molecule has 94 valence electrons. The average molecular weight is 322 g/mol. The molecule has 4 heteroatoms. The lowest BCUT2D eigenvalue weighted by Gasteiger charge is -2.30. The average Bonchev–Trinajstić information content (AvgIpc) is 2.59. The van der Waals surface area contributed by atoms with Crippen LogP contribution in [0.3, 0.4) is 0 Å². The molecule has 0 aliphatic carbocycles. The van der Waals surface area contributed by atoms with E-state index in [2.05, 4.69) is 15.9 Å². The molecule has 1 fully saturated rings. The first kappa shape index (κ1) is 13.3. The molecule has 17 heavy (non-hydrogen) atoms. The van der Waals surface area contributed by atoms with Gasteiger partial charge in [0, 0.05) is 22.4 Å². The zero-order valence-corrected chi connectivity index (χ0v) is 12.0. The van der Waals surface area contributed by atoms with Crippen molar-refractivity contribution in [3.63, 3.8) is 0 Å². The van der Waals surface area contributed by atoms with Gasteiger partial charge in [-0.05, 0) is 43.5 Å². The second kappa shape index (κ2) is 5.25. The van der Waals surface area contributed by atoms with Crippen molar-refractivity contribution in [1.82, 2.24) is 0 Å². The van der Waals surface area contributed by atoms with Crippen LogP contribution in [0.25, 0.3) is 0 Å². The Kier molecular flexibility index (Phi) is 4.11. The Morgan fingerprint density at radius 1 is 1.53 bits per heavy atom. The van der Waals surface area contributed by atoms with Crippen LogP contribution >= 0.6 is 27.5 Å². The highest BCUT2D eigenvalue weighted by atomic mass is 79.9. The molecule has 2 rings (SSSR count). The van der Waals surface area contributed by atoms with Gasteiger partial charge in [0.15, 0.2) is 0 Å². The number of halogens is 3. The van der Waals surface area contributed by atoms with Crippen LogP contribution in [0.5, 0.6) is 0 Å². The number of hydrogen-bond donors (Lipinski definition) is 0. The van der Waals surface area contributed by atoms with Gasteiger partial charge in [-0.1, -0.05) is 15.9 Å². The fourth-order valence-electron chi connectivity index (χ4n) is 2.39. The zero-order valence-electron chi connectivity index (χ0n) is 9.68. The van der Waals surface area contributed by atoms with Gasteiger partial charge in [0.2, 0.25) is 0 Å². The van der Waals surface area contributed by atoms with E-state index in [1.165, 1.54) is 6.07 Å². The van der Waals surface area contributed by atoms with Crippen LogP contribution in [0.1, 0.15) is 18.9 Å². The third-order valence-electron chi connectivity index (χ3n) is 3.57. The van der Waals surface area contributed by atoms with Crippen LogP contribution in [0, 0.1) is 11.2 Å². The van der Waals surface area contributed by atoms with Gasteiger partial charge in [-0.2, -0.15) is 0 Å². The molecule has 1 aromatic rings. The van der Waals surface area contributed by atoms with E-state index in [9.17, 15) is 4.39 Å². The van der Waals surface area contributed by atoms with Crippen molar-refractivity contribution in [2.24, 2.45) is 5.41 Å². The van der Waals surface area contributed by atoms with Gasteiger partial charge in [0.05, 0.1) is 6.10 Å². The minimum Gasteiger partial charge on any atom is -0.378 e. The van der Waals surface area contributed by atoms with E-state index in [-0.39, 0.29) is 17.3 Å². The monoisotopic (exact) mass is 320 g/mol. The Labute approximate surface area is 114 Å². The van der Waals surface area contributed by atoms with E-state index < -0.39 is 0 Å². The van der Waals surface area contributed by atoms with Gasteiger partial charge in [0.25, 0.3) is 0 Å². The lowest BCUT2D eigenvalue weighted by Crippen LogP contribution is -2.33. The highest BCUT2D eigenvalue weighted by Crippen LogP contribution is 2.39. The SMILES string of the molecule is CC1OCCC1(CCl)Cc1cc(F)cc(Br)c1. The zero-order chi connectivity index (χ0) is 12.5. The third kappa shape index (κ3) is 2.83. The van der Waals surface area contributed by atoms with Crippen LogP contribution in [-0.4, -0.2) is 18.6 Å². The lowest BCUT2D eigenvalue weighted by atomic mass is 9.78. The quantitative estimate of drug-likeness (QED) is 0.759. The minimum atomic E-state index is -0.217. The first-order chi connectivity index (χ1) is 8.05. The van der Waals surface area contributed by atoms with Crippen molar-refractivity contribution in [1.29, 1.82) is 0 Å². The third-order valence-corrected chi connectivity index (χ3v) is 4.56. The van der Waals surface area contributed by atoms with Crippen molar-refractivity contribution >= 4 is 27.5 Å². The molecule has 0 spiro atoms. The highest BCUT2D eigenvalue weighted by molar-refractivity contribution is 9.10. The number of benzene rings is 1. The predicted molar refractivity (Wildman–Crippen MR) is 71.0 cm³/mol. The standard InChI is InChI=1S/C13H15BrClFO/c1-9-13(8-15,2-3-17-9)7-10-4-11(14)6-12(16)5-10/h4-6,9H,2-3,7-8H2,1H3. The second-order valence-corrected chi connectivity index (χ2v) is 5.90. The molecule has 2 unspecified atom stereocenters. The molecule has 1 aliphatic heterocycles. The van der Waals surface area contributed by atoms with Gasteiger partial charge >= 0.3 is 0 Å². The molecule has 1 nitrogen and oxygen atoms in total. The molecule has 0 amide bonds. The maximum Gasteiger partial charge on any atom is 0.124 e. The molecular formula is C13H15BrClFO. The van der Waals surface area contributed by atoms with Crippen LogP contribution in [0.2, 0.25) is 0 Å². The molecule has 1 aliphatic rings. The van der Waals surface area contributed by atoms with E-state index >= 15 is 0 Å². The topological polar surface area (TPSA) is 9.23 Å². The van der Waals surface area contributed by atoms with Crippen LogP contribution in [0.15, 0.2) is 22.7 Å². The molecule has 1 aromatic carbocycles. The van der Waals surface area contributed by atoms with E-state index in [4.69, 9.17) is 16.3 Å². The van der Waals surface area contributed by atoms with Gasteiger partial charge in [0.1, 0.15) is 5.82 Å². The maximum absolute atomic E-state index is 13.3. The molecular weight excluding hydrogens is 306 g/mol. The van der Waals surface area contributed by atoms with Crippen LogP contribution < -0.4 is 0 Å². The summed E-state index contributed by atoms with van der Waals surface area (Å²) in [6, 6.07) is 4.98. The second-order valence-electron chi connectivity index (χ2n) is 4.71. The number of ether oxygens (including phenoxy) is 1. The number of alkyl halides is 1. The molecule has 0 radical (unpaired) electrons. The van der Waals surface area contributed by atoms with E-state index in [1.54, 1.807) is 6.07 Å². The Bertz CT molecular complexity index is 392. The Morgan fingerprint density at radius 2 is 2.29 bits per heavy atom. The summed E-state index contributed by atoms with van der Waals surface area (Å²) < 4.78 is 19.7. The molecule has 1 heterocycles. The Hall–Kier alpha value is -0.120. The number of rotatable bonds is 3. The largest absolute Gasteiger partial charge is 0.378 e. The summed E-state index contributed by atoms with van der Waals surface area (Å²) in [6.07, 6.45) is 1.82. The van der Waals surface area contributed by atoms with Gasteiger partial charge in [-0.3, -0.25) is 0 Å². The normalized spacial score (nSPS) is 28.6. The van der Waals surface area contributed by atoms with E-state index in [0.717, 1.165) is 29.5 Å². The van der Waals surface area contributed by atoms with Crippen molar-refractivity contribution in [3.05, 3.63) is 34.1 Å². The lowest BCUT2D eigenvalue weighted by molar-refractivity contribution is 0.0735. The van der Waals surface area contributed by atoms with E-state index in [1.807, 2.05) is 13.0 Å². The molecule has 0 saturated carbocycles. The smallest absolute Gasteiger partial charge is 0.124 e. The molecule has 0 bridgehead atoms. The van der Waals surface area contributed by atoms with Crippen molar-refractivity contribution in [2.75, 3.05) is 12.5 Å². The Morgan fingerprint density at radius 3 is 2.82 bits per heavy atom. The first-order valence-corrected chi connectivity index (χ1v) is 7.01. The minimum absolute atomic E-state index is 0.0607. The molecule has 0 aromatic heterocycles. The maximum atomic E-state index is 13.3. The summed E-state index contributed by atoms with van der Waals surface area (Å²) in [6.45, 7) is 2.79. The van der Waals surface area contributed by atoms with Crippen LogP contribution in [-0.2, 0) is 11.2 Å². The van der Waals surface area contributed by atoms with Crippen molar-refractivity contribution in [2.45, 2.75) is 25.9 Å². The summed E-state index contributed by atoms with van der Waals surface area (Å²) in [5.41, 5.74) is 0.907. The van der Waals surface area contributed by atoms with E-state index in [0.29, 0.717) is 5.88 Å². The van der Waals surface area contributed by atoms with Crippen LogP contribution in [0.4, 0.5) is 4.39 Å². The Balaban J connectivity index is 2.24. The van der Waals surface area contributed by atoms with Gasteiger partial charge in [-0.25, -0.2) is 4.39 Å². The first-order valence-electron chi connectivity index (χ1n) is 5.68. The fourth-order valence-corrected chi connectivity index (χ4v) is 3.35. The van der Waals surface area contributed by atoms with Gasteiger partial charge in [-0.15, -0.1) is 11.6 Å². The molecule has 0 N–H and O–H groups in total. The summed E-state index contributed by atoms with van der Waals surface area (Å²) in [5.74, 6) is 0.327. The summed E-state index contributed by atoms with van der Waals surface area (Å²) in [5, 5.41) is 0. The van der Waals surface area contributed by atoms with Crippen molar-refractivity contribution in [3.8, 4) is 0 Å². The molecule has 1 saturated heterocycles. The number of hydrogen-bond acceptors (Lipinski definition) is 1. The fraction of sp³-hybridized carbons (Fsp3) is 0.538. The summed E-state index contributed by atoms with van der Waals surface area (Å²) >= 11 is 9.42. The summed E-state index contributed by atoms with van der Waals surface area (Å²) in [4.78, 5) is 0. The van der Waals surface area contributed by atoms with Gasteiger partial charge < -0.3 is 4.74 Å². The molecule has 2 atom stereocenters.